The number of hydrogen-bond donors (Lipinski definition) is 0. The van der Waals surface area contributed by atoms with Crippen molar-refractivity contribution in [1.82, 2.24) is 9.97 Å². The third kappa shape index (κ3) is 4.74. The largest absolute Gasteiger partial charge is 0.224 e. The zero-order chi connectivity index (χ0) is 16.2. The quantitative estimate of drug-likeness (QED) is 0.419. The van der Waals surface area contributed by atoms with Gasteiger partial charge in [0.1, 0.15) is 10.1 Å². The lowest BCUT2D eigenvalue weighted by Crippen LogP contribution is -1.89. The first-order valence-corrected chi connectivity index (χ1v) is 9.13. The zero-order valence-corrected chi connectivity index (χ0v) is 15.2. The molecule has 1 aromatic heterocycles. The summed E-state index contributed by atoms with van der Waals surface area (Å²) in [6.45, 7) is 4.15. The van der Waals surface area contributed by atoms with E-state index in [1.54, 1.807) is 23.5 Å². The van der Waals surface area contributed by atoms with E-state index in [0.29, 0.717) is 0 Å². The number of benzene rings is 2. The van der Waals surface area contributed by atoms with Gasteiger partial charge < -0.3 is 0 Å². The van der Waals surface area contributed by atoms with Crippen molar-refractivity contribution < 1.29 is 0 Å². The lowest BCUT2D eigenvalue weighted by atomic mass is 10.2. The molecule has 0 fully saturated rings. The predicted molar refractivity (Wildman–Crippen MR) is 97.6 cm³/mol. The fraction of sp³-hybridized carbons (Fsp3) is 0.111. The van der Waals surface area contributed by atoms with E-state index in [1.165, 1.54) is 11.1 Å². The Labute approximate surface area is 149 Å². The summed E-state index contributed by atoms with van der Waals surface area (Å²) in [5.74, 6) is 0. The molecule has 2 nitrogen and oxygen atoms in total. The average Bonchev–Trinajstić information content (AvgIpc) is 2.51. The van der Waals surface area contributed by atoms with Crippen molar-refractivity contribution in [3.63, 3.8) is 0 Å². The van der Waals surface area contributed by atoms with E-state index in [4.69, 9.17) is 11.6 Å². The Bertz CT molecular complexity index is 737. The predicted octanol–water partition coefficient (Wildman–Crippen LogP) is 6.05. The van der Waals surface area contributed by atoms with Crippen molar-refractivity contribution in [1.29, 1.82) is 0 Å². The molecule has 5 heteroatoms. The van der Waals surface area contributed by atoms with Gasteiger partial charge in [-0.25, -0.2) is 9.97 Å². The van der Waals surface area contributed by atoms with E-state index in [-0.39, 0.29) is 5.28 Å². The topological polar surface area (TPSA) is 25.8 Å². The number of nitrogens with zero attached hydrogens (tertiary/aromatic N) is 2. The monoisotopic (exact) mass is 358 g/mol. The van der Waals surface area contributed by atoms with Gasteiger partial charge in [-0.3, -0.25) is 0 Å². The van der Waals surface area contributed by atoms with Crippen LogP contribution in [0.5, 0.6) is 0 Å². The van der Waals surface area contributed by atoms with Crippen molar-refractivity contribution in [2.75, 3.05) is 0 Å². The number of halogens is 1. The van der Waals surface area contributed by atoms with Crippen LogP contribution in [0.4, 0.5) is 0 Å². The van der Waals surface area contributed by atoms with Crippen molar-refractivity contribution in [2.45, 2.75) is 33.7 Å². The second-order valence-electron chi connectivity index (χ2n) is 5.14. The molecule has 0 atom stereocenters. The number of aromatic nitrogens is 2. The summed E-state index contributed by atoms with van der Waals surface area (Å²) in [7, 11) is 0. The molecule has 3 aromatic rings. The second kappa shape index (κ2) is 7.39. The summed E-state index contributed by atoms with van der Waals surface area (Å²) in [5.41, 5.74) is 2.48. The molecular formula is C18H15ClN2S2. The number of rotatable bonds is 4. The van der Waals surface area contributed by atoms with Gasteiger partial charge in [0.05, 0.1) is 0 Å². The van der Waals surface area contributed by atoms with E-state index in [1.807, 2.05) is 6.07 Å². The Hall–Kier alpha value is -1.49. The molecule has 0 N–H and O–H groups in total. The standard InChI is InChI=1S/C18H15ClN2S2/c1-12-3-7-14(8-4-12)22-16-11-17(21-18(19)20-16)23-15-9-5-13(2)6-10-15/h3-11H,1-2H3. The van der Waals surface area contributed by atoms with Gasteiger partial charge in [-0.05, 0) is 49.7 Å². The molecule has 3 rings (SSSR count). The SMILES string of the molecule is Cc1ccc(Sc2cc(Sc3ccc(C)cc3)nc(Cl)n2)cc1. The van der Waals surface area contributed by atoms with Crippen LogP contribution in [-0.2, 0) is 0 Å². The fourth-order valence-corrected chi connectivity index (χ4v) is 3.93. The first-order valence-electron chi connectivity index (χ1n) is 7.12. The maximum Gasteiger partial charge on any atom is 0.224 e. The van der Waals surface area contributed by atoms with E-state index < -0.39 is 0 Å². The third-order valence-corrected chi connectivity index (χ3v) is 5.16. The van der Waals surface area contributed by atoms with E-state index in [9.17, 15) is 0 Å². The molecule has 2 aromatic carbocycles. The molecule has 0 amide bonds. The molecule has 0 spiro atoms. The van der Waals surface area contributed by atoms with Crippen molar-refractivity contribution in [3.8, 4) is 0 Å². The molecule has 1 heterocycles. The van der Waals surface area contributed by atoms with Gasteiger partial charge >= 0.3 is 0 Å². The molecule has 0 radical (unpaired) electrons. The van der Waals surface area contributed by atoms with Crippen LogP contribution >= 0.6 is 35.1 Å². The van der Waals surface area contributed by atoms with Crippen LogP contribution in [0.3, 0.4) is 0 Å². The highest BCUT2D eigenvalue weighted by Crippen LogP contribution is 2.32. The summed E-state index contributed by atoms with van der Waals surface area (Å²) in [4.78, 5) is 10.9. The lowest BCUT2D eigenvalue weighted by molar-refractivity contribution is 0.964. The van der Waals surface area contributed by atoms with Crippen molar-refractivity contribution >= 4 is 35.1 Å². The maximum atomic E-state index is 6.08. The number of aryl methyl sites for hydroxylation is 2. The summed E-state index contributed by atoms with van der Waals surface area (Å²) in [5, 5.41) is 1.98. The van der Waals surface area contributed by atoms with Crippen LogP contribution in [0, 0.1) is 13.8 Å². The minimum Gasteiger partial charge on any atom is -0.211 e. The van der Waals surface area contributed by atoms with Gasteiger partial charge in [0, 0.05) is 15.9 Å². The minimum atomic E-state index is 0.275. The molecule has 0 bridgehead atoms. The summed E-state index contributed by atoms with van der Waals surface area (Å²) in [6, 6.07) is 18.7. The lowest BCUT2D eigenvalue weighted by Gasteiger charge is -2.06. The summed E-state index contributed by atoms with van der Waals surface area (Å²) < 4.78 is 0. The second-order valence-corrected chi connectivity index (χ2v) is 7.67. The van der Waals surface area contributed by atoms with E-state index >= 15 is 0 Å². The zero-order valence-electron chi connectivity index (χ0n) is 12.8. The van der Waals surface area contributed by atoms with Crippen LogP contribution in [0.2, 0.25) is 5.28 Å². The van der Waals surface area contributed by atoms with Crippen LogP contribution in [0.1, 0.15) is 11.1 Å². The normalized spacial score (nSPS) is 10.7. The molecule has 23 heavy (non-hydrogen) atoms. The smallest absolute Gasteiger partial charge is 0.211 e. The molecular weight excluding hydrogens is 344 g/mol. The van der Waals surface area contributed by atoms with Crippen LogP contribution in [0.15, 0.2) is 74.4 Å². The van der Waals surface area contributed by atoms with E-state index in [2.05, 4.69) is 72.3 Å². The highest BCUT2D eigenvalue weighted by molar-refractivity contribution is 8.00. The maximum absolute atomic E-state index is 6.08. The Morgan fingerprint density at radius 3 is 1.48 bits per heavy atom. The van der Waals surface area contributed by atoms with Crippen LogP contribution in [0.25, 0.3) is 0 Å². The summed E-state index contributed by atoms with van der Waals surface area (Å²) >= 11 is 9.26. The van der Waals surface area contributed by atoms with Crippen LogP contribution in [-0.4, -0.2) is 9.97 Å². The average molecular weight is 359 g/mol. The Kier molecular flexibility index (Phi) is 5.26. The molecule has 116 valence electrons. The van der Waals surface area contributed by atoms with Gasteiger partial charge in [-0.2, -0.15) is 0 Å². The van der Waals surface area contributed by atoms with Gasteiger partial charge in [-0.1, -0.05) is 58.9 Å². The molecule has 0 saturated carbocycles. The minimum absolute atomic E-state index is 0.275. The van der Waals surface area contributed by atoms with Crippen LogP contribution < -0.4 is 0 Å². The van der Waals surface area contributed by atoms with Gasteiger partial charge in [0.2, 0.25) is 5.28 Å². The highest BCUT2D eigenvalue weighted by atomic mass is 35.5. The highest BCUT2D eigenvalue weighted by Gasteiger charge is 2.07. The first kappa shape index (κ1) is 16.4. The Morgan fingerprint density at radius 2 is 1.09 bits per heavy atom. The Morgan fingerprint density at radius 1 is 0.696 bits per heavy atom. The first-order chi connectivity index (χ1) is 11.1. The molecule has 0 unspecified atom stereocenters. The fourth-order valence-electron chi connectivity index (χ4n) is 1.94. The summed E-state index contributed by atoms with van der Waals surface area (Å²) in [6.07, 6.45) is 0. The molecule has 0 aliphatic rings. The molecule has 0 saturated heterocycles. The van der Waals surface area contributed by atoms with E-state index in [0.717, 1.165) is 19.8 Å². The molecule has 0 aliphatic carbocycles. The van der Waals surface area contributed by atoms with Gasteiger partial charge in [-0.15, -0.1) is 0 Å². The number of hydrogen-bond acceptors (Lipinski definition) is 4. The van der Waals surface area contributed by atoms with Crippen molar-refractivity contribution in [2.24, 2.45) is 0 Å². The van der Waals surface area contributed by atoms with Crippen molar-refractivity contribution in [3.05, 3.63) is 71.0 Å². The van der Waals surface area contributed by atoms with Gasteiger partial charge in [0.15, 0.2) is 0 Å². The molecule has 0 aliphatic heterocycles. The Balaban J connectivity index is 1.81. The third-order valence-electron chi connectivity index (χ3n) is 3.14. The van der Waals surface area contributed by atoms with Gasteiger partial charge in [0.25, 0.3) is 0 Å².